The Bertz CT molecular complexity index is 524. The summed E-state index contributed by atoms with van der Waals surface area (Å²) in [7, 11) is 0. The van der Waals surface area contributed by atoms with E-state index in [1.54, 1.807) is 18.2 Å². The summed E-state index contributed by atoms with van der Waals surface area (Å²) in [5.74, 6) is 1.83. The van der Waals surface area contributed by atoms with E-state index >= 15 is 0 Å². The molecule has 1 amide bonds. The number of fused-ring (bicyclic) bond motifs is 1. The number of hydrogen-bond donors (Lipinski definition) is 1. The molecular formula is C15H21ClN2O3. The average molecular weight is 313 g/mol. The van der Waals surface area contributed by atoms with E-state index in [1.165, 1.54) is 0 Å². The zero-order valence-electron chi connectivity index (χ0n) is 12.1. The fraction of sp³-hybridized carbons (Fsp3) is 0.533. The molecule has 2 aliphatic heterocycles. The Morgan fingerprint density at radius 1 is 1.38 bits per heavy atom. The first kappa shape index (κ1) is 15.9. The van der Waals surface area contributed by atoms with Crippen LogP contribution in [0.1, 0.15) is 30.1 Å². The van der Waals surface area contributed by atoms with E-state index in [-0.39, 0.29) is 31.1 Å². The summed E-state index contributed by atoms with van der Waals surface area (Å²) in [5.41, 5.74) is 6.49. The summed E-state index contributed by atoms with van der Waals surface area (Å²) in [6.45, 7) is 3.67. The highest BCUT2D eigenvalue weighted by Gasteiger charge is 2.31. The molecule has 1 fully saturated rings. The number of ether oxygens (including phenoxy) is 2. The monoisotopic (exact) mass is 312 g/mol. The summed E-state index contributed by atoms with van der Waals surface area (Å²) >= 11 is 0. The molecule has 0 saturated carbocycles. The van der Waals surface area contributed by atoms with Gasteiger partial charge in [-0.05, 0) is 37.0 Å². The van der Waals surface area contributed by atoms with Crippen LogP contribution in [-0.4, -0.2) is 36.7 Å². The van der Waals surface area contributed by atoms with Crippen molar-refractivity contribution in [2.45, 2.75) is 25.8 Å². The number of piperidine rings is 1. The molecule has 0 spiro atoms. The molecule has 1 saturated heterocycles. The minimum atomic E-state index is 0. The van der Waals surface area contributed by atoms with Crippen LogP contribution in [0.5, 0.6) is 11.5 Å². The number of rotatable bonds is 2. The second kappa shape index (κ2) is 6.54. The average Bonchev–Trinajstić information content (AvgIpc) is 2.93. The lowest BCUT2D eigenvalue weighted by Crippen LogP contribution is -2.51. The quantitative estimate of drug-likeness (QED) is 0.907. The third-order valence-corrected chi connectivity index (χ3v) is 4.24. The van der Waals surface area contributed by atoms with Gasteiger partial charge in [0.15, 0.2) is 11.5 Å². The highest BCUT2D eigenvalue weighted by Crippen LogP contribution is 2.33. The highest BCUT2D eigenvalue weighted by atomic mass is 35.5. The van der Waals surface area contributed by atoms with Crippen molar-refractivity contribution in [3.8, 4) is 11.5 Å². The predicted octanol–water partition coefficient (Wildman–Crippen LogP) is 2.04. The van der Waals surface area contributed by atoms with Crippen molar-refractivity contribution in [1.82, 2.24) is 4.90 Å². The van der Waals surface area contributed by atoms with Crippen molar-refractivity contribution in [2.24, 2.45) is 11.7 Å². The molecule has 2 heterocycles. The fourth-order valence-corrected chi connectivity index (χ4v) is 3.06. The summed E-state index contributed by atoms with van der Waals surface area (Å²) in [4.78, 5) is 14.6. The summed E-state index contributed by atoms with van der Waals surface area (Å²) in [6.07, 6.45) is 2.17. The Kier molecular flexibility index (Phi) is 4.96. The van der Waals surface area contributed by atoms with Gasteiger partial charge < -0.3 is 20.1 Å². The number of benzene rings is 1. The Morgan fingerprint density at radius 3 is 2.90 bits per heavy atom. The lowest BCUT2D eigenvalue weighted by atomic mass is 9.90. The maximum Gasteiger partial charge on any atom is 0.254 e. The van der Waals surface area contributed by atoms with Crippen LogP contribution in [0.4, 0.5) is 0 Å². The Labute approximate surface area is 130 Å². The van der Waals surface area contributed by atoms with Gasteiger partial charge in [0.05, 0.1) is 0 Å². The number of likely N-dealkylation sites (tertiary alicyclic amines) is 1. The second-order valence-electron chi connectivity index (χ2n) is 5.49. The van der Waals surface area contributed by atoms with E-state index in [0.717, 1.165) is 19.4 Å². The lowest BCUT2D eigenvalue weighted by molar-refractivity contribution is 0.0532. The first-order chi connectivity index (χ1) is 9.70. The second-order valence-corrected chi connectivity index (χ2v) is 5.49. The summed E-state index contributed by atoms with van der Waals surface area (Å²) in [6, 6.07) is 5.47. The first-order valence-corrected chi connectivity index (χ1v) is 7.11. The van der Waals surface area contributed by atoms with Crippen LogP contribution < -0.4 is 15.2 Å². The van der Waals surface area contributed by atoms with E-state index in [4.69, 9.17) is 15.2 Å². The van der Waals surface area contributed by atoms with E-state index < -0.39 is 0 Å². The van der Waals surface area contributed by atoms with Crippen molar-refractivity contribution in [3.63, 3.8) is 0 Å². The van der Waals surface area contributed by atoms with Crippen molar-refractivity contribution in [2.75, 3.05) is 19.9 Å². The minimum Gasteiger partial charge on any atom is -0.454 e. The summed E-state index contributed by atoms with van der Waals surface area (Å²) < 4.78 is 10.6. The predicted molar refractivity (Wildman–Crippen MR) is 82.1 cm³/mol. The smallest absolute Gasteiger partial charge is 0.254 e. The third kappa shape index (κ3) is 2.94. The van der Waals surface area contributed by atoms with Gasteiger partial charge in [0.25, 0.3) is 5.91 Å². The number of nitrogens with zero attached hydrogens (tertiary/aromatic N) is 1. The molecule has 0 bridgehead atoms. The SMILES string of the molecule is CC1CCCN(C(=O)c2ccc3c(c2)OCO3)C1CN.Cl. The molecule has 1 aromatic carbocycles. The maximum atomic E-state index is 12.7. The minimum absolute atomic E-state index is 0. The van der Waals surface area contributed by atoms with Crippen LogP contribution in [0.25, 0.3) is 0 Å². The lowest BCUT2D eigenvalue weighted by Gasteiger charge is -2.39. The molecule has 6 heteroatoms. The van der Waals surface area contributed by atoms with Crippen molar-refractivity contribution >= 4 is 18.3 Å². The maximum absolute atomic E-state index is 12.7. The fourth-order valence-electron chi connectivity index (χ4n) is 3.06. The standard InChI is InChI=1S/C15H20N2O3.ClH/c1-10-3-2-6-17(12(10)8-16)15(18)11-4-5-13-14(7-11)20-9-19-13;/h4-5,7,10,12H,2-3,6,8-9,16H2,1H3;1H. The van der Waals surface area contributed by atoms with Crippen LogP contribution in [0.3, 0.4) is 0 Å². The Balaban J connectivity index is 0.00000161. The normalized spacial score (nSPS) is 23.6. The van der Waals surface area contributed by atoms with Crippen LogP contribution >= 0.6 is 12.4 Å². The van der Waals surface area contributed by atoms with Crippen LogP contribution in [0, 0.1) is 5.92 Å². The van der Waals surface area contributed by atoms with Crippen LogP contribution in [0.2, 0.25) is 0 Å². The highest BCUT2D eigenvalue weighted by molar-refractivity contribution is 5.95. The molecule has 3 rings (SSSR count). The van der Waals surface area contributed by atoms with Gasteiger partial charge >= 0.3 is 0 Å². The Morgan fingerprint density at radius 2 is 2.14 bits per heavy atom. The van der Waals surface area contributed by atoms with Gasteiger partial charge in [-0.3, -0.25) is 4.79 Å². The number of carbonyl (C=O) groups is 1. The van der Waals surface area contributed by atoms with Crippen molar-refractivity contribution < 1.29 is 14.3 Å². The van der Waals surface area contributed by atoms with Gasteiger partial charge in [0.2, 0.25) is 6.79 Å². The molecule has 1 aromatic rings. The van der Waals surface area contributed by atoms with Gasteiger partial charge in [-0.25, -0.2) is 0 Å². The van der Waals surface area contributed by atoms with E-state index in [1.807, 2.05) is 4.90 Å². The molecule has 2 unspecified atom stereocenters. The van der Waals surface area contributed by atoms with Gasteiger partial charge in [-0.2, -0.15) is 0 Å². The van der Waals surface area contributed by atoms with Gasteiger partial charge in [-0.15, -0.1) is 12.4 Å². The van der Waals surface area contributed by atoms with Crippen LogP contribution in [0.15, 0.2) is 18.2 Å². The molecule has 0 radical (unpaired) electrons. The number of amides is 1. The largest absolute Gasteiger partial charge is 0.454 e. The third-order valence-electron chi connectivity index (χ3n) is 4.24. The number of nitrogens with two attached hydrogens (primary N) is 1. The molecule has 0 aliphatic carbocycles. The molecule has 116 valence electrons. The van der Waals surface area contributed by atoms with Gasteiger partial charge in [-0.1, -0.05) is 6.92 Å². The number of halogens is 1. The van der Waals surface area contributed by atoms with E-state index in [9.17, 15) is 4.79 Å². The number of hydrogen-bond acceptors (Lipinski definition) is 4. The summed E-state index contributed by atoms with van der Waals surface area (Å²) in [5, 5.41) is 0. The molecule has 21 heavy (non-hydrogen) atoms. The molecule has 2 atom stereocenters. The Hall–Kier alpha value is -1.46. The van der Waals surface area contributed by atoms with E-state index in [2.05, 4.69) is 6.92 Å². The van der Waals surface area contributed by atoms with Crippen molar-refractivity contribution in [3.05, 3.63) is 23.8 Å². The van der Waals surface area contributed by atoms with Gasteiger partial charge in [0.1, 0.15) is 0 Å². The molecular weight excluding hydrogens is 292 g/mol. The topological polar surface area (TPSA) is 64.8 Å². The van der Waals surface area contributed by atoms with E-state index in [0.29, 0.717) is 29.5 Å². The van der Waals surface area contributed by atoms with Crippen molar-refractivity contribution in [1.29, 1.82) is 0 Å². The molecule has 5 nitrogen and oxygen atoms in total. The van der Waals surface area contributed by atoms with Gasteiger partial charge in [0, 0.05) is 24.7 Å². The molecule has 2 N–H and O–H groups in total. The zero-order valence-corrected chi connectivity index (χ0v) is 12.9. The van der Waals surface area contributed by atoms with Crippen LogP contribution in [-0.2, 0) is 0 Å². The first-order valence-electron chi connectivity index (χ1n) is 7.11. The zero-order chi connectivity index (χ0) is 14.1. The molecule has 0 aromatic heterocycles. The molecule has 2 aliphatic rings. The number of carbonyl (C=O) groups excluding carboxylic acids is 1.